The summed E-state index contributed by atoms with van der Waals surface area (Å²) in [7, 11) is 0. The van der Waals surface area contributed by atoms with Gasteiger partial charge in [-0.2, -0.15) is 0 Å². The Hall–Kier alpha value is -2.33. The summed E-state index contributed by atoms with van der Waals surface area (Å²) in [5.41, 5.74) is 1.52. The molecule has 5 heteroatoms. The Kier molecular flexibility index (Phi) is 5.17. The number of carbonyl (C=O) groups is 2. The highest BCUT2D eigenvalue weighted by Crippen LogP contribution is 2.26. The van der Waals surface area contributed by atoms with E-state index in [1.54, 1.807) is 42.5 Å². The first-order valence-electron chi connectivity index (χ1n) is 6.86. The molecule has 114 valence electrons. The molecular weight excluding hydrogens is 302 g/mol. The highest BCUT2D eigenvalue weighted by molar-refractivity contribution is 6.32. The van der Waals surface area contributed by atoms with E-state index in [1.807, 2.05) is 6.92 Å². The van der Waals surface area contributed by atoms with Gasteiger partial charge in [0, 0.05) is 16.8 Å². The third-order valence-corrected chi connectivity index (χ3v) is 3.32. The minimum absolute atomic E-state index is 0.0554. The average Bonchev–Trinajstić information content (AvgIpc) is 2.49. The van der Waals surface area contributed by atoms with Gasteiger partial charge < -0.3 is 10.1 Å². The van der Waals surface area contributed by atoms with E-state index in [1.165, 1.54) is 6.92 Å². The number of hydrogen-bond acceptors (Lipinski definition) is 3. The minimum atomic E-state index is -0.300. The lowest BCUT2D eigenvalue weighted by Crippen LogP contribution is -2.12. The first-order valence-corrected chi connectivity index (χ1v) is 7.23. The lowest BCUT2D eigenvalue weighted by atomic mass is 10.1. The molecule has 0 spiro atoms. The van der Waals surface area contributed by atoms with Gasteiger partial charge in [0.05, 0.1) is 11.6 Å². The Morgan fingerprint density at radius 1 is 1.14 bits per heavy atom. The fourth-order valence-electron chi connectivity index (χ4n) is 1.93. The third-order valence-electron chi connectivity index (χ3n) is 3.02. The summed E-state index contributed by atoms with van der Waals surface area (Å²) < 4.78 is 5.33. The Labute approximate surface area is 134 Å². The molecule has 4 nitrogen and oxygen atoms in total. The van der Waals surface area contributed by atoms with Crippen molar-refractivity contribution in [2.24, 2.45) is 0 Å². The number of ether oxygens (including phenoxy) is 1. The van der Waals surface area contributed by atoms with Gasteiger partial charge in [0.25, 0.3) is 5.91 Å². The summed E-state index contributed by atoms with van der Waals surface area (Å²) in [6, 6.07) is 11.6. The number of carbonyl (C=O) groups excluding carboxylic acids is 2. The Morgan fingerprint density at radius 2 is 1.91 bits per heavy atom. The van der Waals surface area contributed by atoms with Crippen molar-refractivity contribution in [2.75, 3.05) is 11.9 Å². The van der Waals surface area contributed by atoms with E-state index in [2.05, 4.69) is 5.32 Å². The summed E-state index contributed by atoms with van der Waals surface area (Å²) >= 11 is 6.07. The van der Waals surface area contributed by atoms with Crippen LogP contribution in [0.15, 0.2) is 42.5 Å². The third kappa shape index (κ3) is 3.86. The molecule has 0 aliphatic rings. The van der Waals surface area contributed by atoms with E-state index in [4.69, 9.17) is 16.3 Å². The van der Waals surface area contributed by atoms with Crippen LogP contribution in [0, 0.1) is 0 Å². The Morgan fingerprint density at radius 3 is 2.55 bits per heavy atom. The maximum absolute atomic E-state index is 12.2. The normalized spacial score (nSPS) is 10.1. The van der Waals surface area contributed by atoms with Crippen LogP contribution < -0.4 is 10.1 Å². The number of hydrogen-bond donors (Lipinski definition) is 1. The largest absolute Gasteiger partial charge is 0.492 e. The number of amides is 1. The summed E-state index contributed by atoms with van der Waals surface area (Å²) in [4.78, 5) is 23.6. The minimum Gasteiger partial charge on any atom is -0.492 e. The van der Waals surface area contributed by atoms with Crippen molar-refractivity contribution in [3.63, 3.8) is 0 Å². The second kappa shape index (κ2) is 7.09. The van der Waals surface area contributed by atoms with Crippen molar-refractivity contribution in [1.82, 2.24) is 0 Å². The van der Waals surface area contributed by atoms with E-state index >= 15 is 0 Å². The monoisotopic (exact) mass is 317 g/mol. The van der Waals surface area contributed by atoms with Crippen molar-refractivity contribution in [3.8, 4) is 5.75 Å². The van der Waals surface area contributed by atoms with Gasteiger partial charge in [0.15, 0.2) is 5.78 Å². The average molecular weight is 318 g/mol. The van der Waals surface area contributed by atoms with Crippen LogP contribution >= 0.6 is 11.6 Å². The van der Waals surface area contributed by atoms with Crippen LogP contribution in [0.1, 0.15) is 34.6 Å². The smallest absolute Gasteiger partial charge is 0.255 e. The summed E-state index contributed by atoms with van der Waals surface area (Å²) in [5.74, 6) is 0.185. The van der Waals surface area contributed by atoms with Gasteiger partial charge in [-0.25, -0.2) is 0 Å². The van der Waals surface area contributed by atoms with Crippen LogP contribution in [0.25, 0.3) is 0 Å². The Balaban J connectivity index is 2.17. The lowest BCUT2D eigenvalue weighted by Gasteiger charge is -2.09. The van der Waals surface area contributed by atoms with Gasteiger partial charge in [0.2, 0.25) is 0 Å². The fraction of sp³-hybridized carbons (Fsp3) is 0.176. The molecule has 0 radical (unpaired) electrons. The van der Waals surface area contributed by atoms with Crippen LogP contribution in [0.2, 0.25) is 5.02 Å². The molecule has 0 aliphatic carbocycles. The van der Waals surface area contributed by atoms with E-state index in [-0.39, 0.29) is 11.7 Å². The maximum atomic E-state index is 12.2. The number of benzene rings is 2. The Bertz CT molecular complexity index is 713. The summed E-state index contributed by atoms with van der Waals surface area (Å²) in [5, 5.41) is 3.12. The highest BCUT2D eigenvalue weighted by atomic mass is 35.5. The number of rotatable bonds is 5. The van der Waals surface area contributed by atoms with Gasteiger partial charge >= 0.3 is 0 Å². The van der Waals surface area contributed by atoms with Gasteiger partial charge in [-0.15, -0.1) is 0 Å². The predicted octanol–water partition coefficient (Wildman–Crippen LogP) is 4.19. The lowest BCUT2D eigenvalue weighted by molar-refractivity contribution is 0.101. The molecule has 2 aromatic carbocycles. The molecule has 0 fully saturated rings. The first-order chi connectivity index (χ1) is 10.5. The molecule has 0 atom stereocenters. The highest BCUT2D eigenvalue weighted by Gasteiger charge is 2.10. The number of halogens is 1. The molecule has 0 heterocycles. The fourth-order valence-corrected chi connectivity index (χ4v) is 2.17. The van der Waals surface area contributed by atoms with E-state index in [0.717, 1.165) is 0 Å². The molecule has 1 N–H and O–H groups in total. The quantitative estimate of drug-likeness (QED) is 0.841. The molecule has 0 saturated carbocycles. The molecule has 0 saturated heterocycles. The van der Waals surface area contributed by atoms with Gasteiger partial charge in [-0.3, -0.25) is 9.59 Å². The predicted molar refractivity (Wildman–Crippen MR) is 87.0 cm³/mol. The van der Waals surface area contributed by atoms with Crippen molar-refractivity contribution in [2.45, 2.75) is 13.8 Å². The van der Waals surface area contributed by atoms with Crippen LogP contribution in [0.4, 0.5) is 5.69 Å². The topological polar surface area (TPSA) is 55.4 Å². The summed E-state index contributed by atoms with van der Waals surface area (Å²) in [6.45, 7) is 3.84. The van der Waals surface area contributed by atoms with Crippen molar-refractivity contribution in [3.05, 3.63) is 58.6 Å². The van der Waals surface area contributed by atoms with Crippen molar-refractivity contribution >= 4 is 29.0 Å². The second-order valence-corrected chi connectivity index (χ2v) is 5.08. The van der Waals surface area contributed by atoms with Crippen LogP contribution in [-0.4, -0.2) is 18.3 Å². The van der Waals surface area contributed by atoms with Crippen LogP contribution in [0.3, 0.4) is 0 Å². The molecule has 0 unspecified atom stereocenters. The van der Waals surface area contributed by atoms with E-state index in [9.17, 15) is 9.59 Å². The second-order valence-electron chi connectivity index (χ2n) is 4.67. The molecule has 1 amide bonds. The number of Topliss-reactive ketones (excluding diaryl/α,β-unsaturated/α-hetero) is 1. The van der Waals surface area contributed by atoms with Crippen LogP contribution in [-0.2, 0) is 0 Å². The van der Waals surface area contributed by atoms with E-state index in [0.29, 0.717) is 34.2 Å². The molecule has 0 aromatic heterocycles. The molecule has 22 heavy (non-hydrogen) atoms. The standard InChI is InChI=1S/C17H16ClNO3/c1-3-22-16-8-7-13(10-15(16)18)17(21)19-14-6-4-5-12(9-14)11(2)20/h4-10H,3H2,1-2H3,(H,19,21). The zero-order valence-corrected chi connectivity index (χ0v) is 13.1. The number of nitrogens with one attached hydrogen (secondary N) is 1. The molecule has 2 rings (SSSR count). The molecule has 2 aromatic rings. The molecule has 0 aliphatic heterocycles. The zero-order valence-electron chi connectivity index (χ0n) is 12.4. The first kappa shape index (κ1) is 16.0. The SMILES string of the molecule is CCOc1ccc(C(=O)Nc2cccc(C(C)=O)c2)cc1Cl. The van der Waals surface area contributed by atoms with Crippen LogP contribution in [0.5, 0.6) is 5.75 Å². The molecular formula is C17H16ClNO3. The van der Waals surface area contributed by atoms with E-state index < -0.39 is 0 Å². The summed E-state index contributed by atoms with van der Waals surface area (Å²) in [6.07, 6.45) is 0. The number of ketones is 1. The molecule has 0 bridgehead atoms. The maximum Gasteiger partial charge on any atom is 0.255 e. The number of anilines is 1. The van der Waals surface area contributed by atoms with Gasteiger partial charge in [0.1, 0.15) is 5.75 Å². The van der Waals surface area contributed by atoms with Gasteiger partial charge in [-0.1, -0.05) is 23.7 Å². The van der Waals surface area contributed by atoms with Crippen molar-refractivity contribution < 1.29 is 14.3 Å². The zero-order chi connectivity index (χ0) is 16.1. The van der Waals surface area contributed by atoms with Gasteiger partial charge in [-0.05, 0) is 44.2 Å². The van der Waals surface area contributed by atoms with Crippen molar-refractivity contribution in [1.29, 1.82) is 0 Å².